The highest BCUT2D eigenvalue weighted by Gasteiger charge is 2.34. The van der Waals surface area contributed by atoms with Gasteiger partial charge in [0.1, 0.15) is 0 Å². The summed E-state index contributed by atoms with van der Waals surface area (Å²) in [5.41, 5.74) is 1.76. The number of hydrogen-bond acceptors (Lipinski definition) is 0. The lowest BCUT2D eigenvalue weighted by molar-refractivity contribution is 1.78. The maximum absolute atomic E-state index is 2.72. The van der Waals surface area contributed by atoms with Crippen molar-refractivity contribution in [1.82, 2.24) is 0 Å². The van der Waals surface area contributed by atoms with E-state index in [0.29, 0.717) is 9.52 Å². The molecule has 0 radical (unpaired) electrons. The summed E-state index contributed by atoms with van der Waals surface area (Å²) in [6, 6.07) is 0. The Balaban J connectivity index is 4.26. The standard InChI is InChI=1S/C7H24Si4/c1-8-7-11(6,9(2)3)10(4)5/h9-10H,7-8H2,1-6H3. The molecule has 68 valence electrons. The first-order valence-electron chi connectivity index (χ1n) is 4.95. The van der Waals surface area contributed by atoms with Gasteiger partial charge in [0.15, 0.2) is 0 Å². The average Bonchev–Trinajstić information content (AvgIpc) is 1.87. The lowest BCUT2D eigenvalue weighted by Gasteiger charge is -2.34. The van der Waals surface area contributed by atoms with E-state index in [1.807, 2.05) is 0 Å². The van der Waals surface area contributed by atoms with Crippen LogP contribution in [0.1, 0.15) is 0 Å². The molecule has 0 nitrogen and oxygen atoms in total. The minimum atomic E-state index is -0.565. The number of rotatable bonds is 4. The van der Waals surface area contributed by atoms with Crippen LogP contribution in [-0.2, 0) is 0 Å². The molecule has 0 aliphatic rings. The molecule has 0 saturated carbocycles. The normalized spacial score (nSPS) is 14.2. The van der Waals surface area contributed by atoms with Crippen LogP contribution in [0.25, 0.3) is 0 Å². The molecule has 0 atom stereocenters. The van der Waals surface area contributed by atoms with Crippen molar-refractivity contribution < 1.29 is 0 Å². The molecule has 0 aromatic rings. The van der Waals surface area contributed by atoms with Gasteiger partial charge in [-0.3, -0.25) is 0 Å². The van der Waals surface area contributed by atoms with Gasteiger partial charge in [-0.1, -0.05) is 44.9 Å². The van der Waals surface area contributed by atoms with E-state index in [-0.39, 0.29) is 16.6 Å². The Morgan fingerprint density at radius 1 is 1.09 bits per heavy atom. The third-order valence-corrected chi connectivity index (χ3v) is 48.0. The van der Waals surface area contributed by atoms with Crippen LogP contribution in [-0.4, -0.2) is 33.3 Å². The van der Waals surface area contributed by atoms with Gasteiger partial charge in [0, 0.05) is 33.3 Å². The van der Waals surface area contributed by atoms with Gasteiger partial charge in [-0.2, -0.15) is 0 Å². The van der Waals surface area contributed by atoms with E-state index in [0.717, 1.165) is 0 Å². The summed E-state index contributed by atoms with van der Waals surface area (Å²) in [5, 5.41) is 0. The van der Waals surface area contributed by atoms with Crippen LogP contribution in [0.2, 0.25) is 44.9 Å². The predicted molar refractivity (Wildman–Crippen MR) is 68.6 cm³/mol. The van der Waals surface area contributed by atoms with Gasteiger partial charge in [-0.05, 0) is 0 Å². The molecule has 0 aliphatic heterocycles. The highest BCUT2D eigenvalue weighted by atomic mass is 29.6. The van der Waals surface area contributed by atoms with Crippen LogP contribution in [0.3, 0.4) is 0 Å². The van der Waals surface area contributed by atoms with Gasteiger partial charge in [-0.25, -0.2) is 0 Å². The third-order valence-electron chi connectivity index (χ3n) is 3.43. The topological polar surface area (TPSA) is 0 Å². The van der Waals surface area contributed by atoms with Crippen molar-refractivity contribution in [2.75, 3.05) is 0 Å². The fourth-order valence-electron chi connectivity index (χ4n) is 1.78. The number of hydrogen-bond donors (Lipinski definition) is 0. The molecule has 0 amide bonds. The van der Waals surface area contributed by atoms with Crippen LogP contribution < -0.4 is 0 Å². The molecule has 0 spiro atoms. The maximum atomic E-state index is 2.72. The van der Waals surface area contributed by atoms with E-state index in [1.54, 1.807) is 5.67 Å². The highest BCUT2D eigenvalue weighted by molar-refractivity contribution is 7.59. The third kappa shape index (κ3) is 3.00. The second kappa shape index (κ2) is 4.79. The lowest BCUT2D eigenvalue weighted by atomic mass is 11.8. The monoisotopic (exact) mass is 220 g/mol. The molecular weight excluding hydrogens is 196 g/mol. The van der Waals surface area contributed by atoms with Crippen molar-refractivity contribution in [2.24, 2.45) is 0 Å². The SMILES string of the molecule is C[SiH2]C[Si](C)([SiH](C)C)[SiH](C)C. The first kappa shape index (κ1) is 11.9. The van der Waals surface area contributed by atoms with Crippen molar-refractivity contribution in [2.45, 2.75) is 44.9 Å². The zero-order valence-electron chi connectivity index (χ0n) is 9.07. The summed E-state index contributed by atoms with van der Waals surface area (Å²) in [6.07, 6.45) is 0. The van der Waals surface area contributed by atoms with Gasteiger partial charge in [0.2, 0.25) is 0 Å². The Hall–Kier alpha value is 0.868. The molecule has 0 aromatic heterocycles. The molecule has 0 unspecified atom stereocenters. The second-order valence-corrected chi connectivity index (χ2v) is 32.0. The fraction of sp³-hybridized carbons (Fsp3) is 1.00. The predicted octanol–water partition coefficient (Wildman–Crippen LogP) is 1.37. The van der Waals surface area contributed by atoms with E-state index >= 15 is 0 Å². The molecule has 0 saturated heterocycles. The molecule has 0 fully saturated rings. The first-order valence-corrected chi connectivity index (χ1v) is 18.3. The van der Waals surface area contributed by atoms with Gasteiger partial charge in [-0.15, -0.1) is 0 Å². The summed E-state index contributed by atoms with van der Waals surface area (Å²) in [5.74, 6) is 0. The van der Waals surface area contributed by atoms with E-state index in [2.05, 4.69) is 39.3 Å². The molecule has 0 aromatic carbocycles. The molecule has 0 bridgehead atoms. The molecule has 11 heavy (non-hydrogen) atoms. The Labute approximate surface area is 78.4 Å². The van der Waals surface area contributed by atoms with E-state index in [9.17, 15) is 0 Å². The Bertz CT molecular complexity index is 103. The lowest BCUT2D eigenvalue weighted by Crippen LogP contribution is -2.56. The van der Waals surface area contributed by atoms with E-state index < -0.39 is 7.11 Å². The van der Waals surface area contributed by atoms with Crippen molar-refractivity contribution in [3.63, 3.8) is 0 Å². The summed E-state index contributed by atoms with van der Waals surface area (Å²) >= 11 is 0. The van der Waals surface area contributed by atoms with Crippen LogP contribution in [0.4, 0.5) is 0 Å². The zero-order valence-corrected chi connectivity index (χ0v) is 13.8. The van der Waals surface area contributed by atoms with Gasteiger partial charge < -0.3 is 0 Å². The Kier molecular flexibility index (Phi) is 5.16. The van der Waals surface area contributed by atoms with Crippen molar-refractivity contribution in [3.05, 3.63) is 0 Å². The summed E-state index contributed by atoms with van der Waals surface area (Å²) in [4.78, 5) is 0. The van der Waals surface area contributed by atoms with Gasteiger partial charge in [0.05, 0.1) is 0 Å². The Morgan fingerprint density at radius 3 is 1.55 bits per heavy atom. The first-order chi connectivity index (χ1) is 4.95. The quantitative estimate of drug-likeness (QED) is 0.628. The summed E-state index contributed by atoms with van der Waals surface area (Å²) in [6.45, 7) is 15.6. The van der Waals surface area contributed by atoms with Gasteiger partial charge in [0.25, 0.3) is 0 Å². The molecule has 0 aliphatic carbocycles. The molecule has 0 N–H and O–H groups in total. The molecule has 0 rings (SSSR count). The minimum Gasteiger partial charge on any atom is -0.0751 e. The molecule has 4 heteroatoms. The zero-order chi connectivity index (χ0) is 9.07. The Morgan fingerprint density at radius 2 is 1.45 bits per heavy atom. The van der Waals surface area contributed by atoms with Crippen molar-refractivity contribution in [3.8, 4) is 0 Å². The van der Waals surface area contributed by atoms with Crippen LogP contribution in [0.15, 0.2) is 0 Å². The molecular formula is C7H24Si4. The van der Waals surface area contributed by atoms with Crippen LogP contribution >= 0.6 is 0 Å². The highest BCUT2D eigenvalue weighted by Crippen LogP contribution is 2.16. The average molecular weight is 221 g/mol. The maximum Gasteiger partial charge on any atom is 0.0286 e. The van der Waals surface area contributed by atoms with Crippen molar-refractivity contribution in [1.29, 1.82) is 0 Å². The van der Waals surface area contributed by atoms with Crippen LogP contribution in [0, 0.1) is 0 Å². The minimum absolute atomic E-state index is 0.241. The van der Waals surface area contributed by atoms with Crippen molar-refractivity contribution >= 4 is 33.3 Å². The summed E-state index contributed by atoms with van der Waals surface area (Å²) in [7, 11) is -0.690. The molecule has 0 heterocycles. The smallest absolute Gasteiger partial charge is 0.0286 e. The fourth-order valence-corrected chi connectivity index (χ4v) is 43.6. The largest absolute Gasteiger partial charge is 0.0751 e. The van der Waals surface area contributed by atoms with E-state index in [4.69, 9.17) is 0 Å². The van der Waals surface area contributed by atoms with Gasteiger partial charge >= 0.3 is 0 Å². The summed E-state index contributed by atoms with van der Waals surface area (Å²) < 4.78 is 0. The second-order valence-electron chi connectivity index (χ2n) is 4.57. The van der Waals surface area contributed by atoms with E-state index in [1.165, 1.54) is 0 Å². The van der Waals surface area contributed by atoms with Crippen LogP contribution in [0.5, 0.6) is 0 Å².